The Morgan fingerprint density at radius 1 is 1.33 bits per heavy atom. The van der Waals surface area contributed by atoms with E-state index < -0.39 is 0 Å². The third kappa shape index (κ3) is 3.67. The highest BCUT2D eigenvalue weighted by molar-refractivity contribution is 4.97. The van der Waals surface area contributed by atoms with E-state index in [1.54, 1.807) is 7.11 Å². The largest absolute Gasteiger partial charge is 0.385 e. The first kappa shape index (κ1) is 15.9. The molecule has 0 radical (unpaired) electrons. The molecule has 0 aromatic carbocycles. The van der Waals surface area contributed by atoms with E-state index in [1.807, 2.05) is 7.11 Å². The third-order valence-corrected chi connectivity index (χ3v) is 4.62. The number of hydrogen-bond donors (Lipinski definition) is 2. The van der Waals surface area contributed by atoms with Gasteiger partial charge in [0, 0.05) is 20.8 Å². The quantitative estimate of drug-likeness (QED) is 0.542. The Balaban J connectivity index is 2.70. The van der Waals surface area contributed by atoms with Crippen LogP contribution in [0.2, 0.25) is 0 Å². The Morgan fingerprint density at radius 3 is 2.39 bits per heavy atom. The number of methoxy groups -OCH3 is 2. The van der Waals surface area contributed by atoms with E-state index in [9.17, 15) is 0 Å². The summed E-state index contributed by atoms with van der Waals surface area (Å²) in [4.78, 5) is 0. The highest BCUT2D eigenvalue weighted by Crippen LogP contribution is 2.39. The minimum absolute atomic E-state index is 0.103. The zero-order valence-corrected chi connectivity index (χ0v) is 12.4. The van der Waals surface area contributed by atoms with Gasteiger partial charge in [-0.2, -0.15) is 0 Å². The molecule has 1 rings (SSSR count). The summed E-state index contributed by atoms with van der Waals surface area (Å²) >= 11 is 0. The van der Waals surface area contributed by atoms with Crippen molar-refractivity contribution in [2.24, 2.45) is 17.7 Å². The Bertz CT molecular complexity index is 228. The lowest BCUT2D eigenvalue weighted by Crippen LogP contribution is -2.59. The van der Waals surface area contributed by atoms with E-state index in [2.05, 4.69) is 19.3 Å². The first-order valence-electron chi connectivity index (χ1n) is 7.10. The Labute approximate surface area is 112 Å². The van der Waals surface area contributed by atoms with Crippen LogP contribution in [0.1, 0.15) is 46.0 Å². The van der Waals surface area contributed by atoms with Crippen molar-refractivity contribution in [1.82, 2.24) is 5.43 Å². The van der Waals surface area contributed by atoms with Crippen LogP contribution in [0, 0.1) is 11.8 Å². The molecule has 0 amide bonds. The van der Waals surface area contributed by atoms with E-state index in [0.29, 0.717) is 5.92 Å². The lowest BCUT2D eigenvalue weighted by Gasteiger charge is -2.46. The van der Waals surface area contributed by atoms with Gasteiger partial charge in [0.2, 0.25) is 0 Å². The summed E-state index contributed by atoms with van der Waals surface area (Å²) in [7, 11) is 3.56. The second-order valence-electron chi connectivity index (χ2n) is 5.85. The van der Waals surface area contributed by atoms with Gasteiger partial charge in [-0.1, -0.05) is 13.8 Å². The number of ether oxygens (including phenoxy) is 2. The van der Waals surface area contributed by atoms with Crippen molar-refractivity contribution in [1.29, 1.82) is 0 Å². The molecule has 1 aliphatic carbocycles. The minimum atomic E-state index is -0.103. The average molecular weight is 258 g/mol. The van der Waals surface area contributed by atoms with E-state index in [0.717, 1.165) is 31.8 Å². The molecular weight excluding hydrogens is 228 g/mol. The zero-order chi connectivity index (χ0) is 13.6. The van der Waals surface area contributed by atoms with Gasteiger partial charge >= 0.3 is 0 Å². The van der Waals surface area contributed by atoms with Crippen molar-refractivity contribution in [2.75, 3.05) is 20.8 Å². The molecule has 0 aliphatic heterocycles. The second kappa shape index (κ2) is 7.43. The molecule has 2 atom stereocenters. The zero-order valence-electron chi connectivity index (χ0n) is 12.4. The maximum atomic E-state index is 5.90. The van der Waals surface area contributed by atoms with E-state index in [-0.39, 0.29) is 11.6 Å². The maximum Gasteiger partial charge on any atom is 0.0847 e. The average Bonchev–Trinajstić information content (AvgIpc) is 2.39. The number of nitrogens with one attached hydrogen (secondary N) is 1. The first-order chi connectivity index (χ1) is 8.59. The van der Waals surface area contributed by atoms with Crippen LogP contribution >= 0.6 is 0 Å². The predicted octanol–water partition coefficient (Wildman–Crippen LogP) is 2.09. The summed E-state index contributed by atoms with van der Waals surface area (Å²) in [6.45, 7) is 5.32. The van der Waals surface area contributed by atoms with E-state index in [1.165, 1.54) is 12.8 Å². The molecule has 1 fully saturated rings. The van der Waals surface area contributed by atoms with Crippen LogP contribution in [0.3, 0.4) is 0 Å². The molecule has 1 aliphatic rings. The molecule has 0 bridgehead atoms. The lowest BCUT2D eigenvalue weighted by atomic mass is 9.72. The maximum absolute atomic E-state index is 5.90. The molecule has 18 heavy (non-hydrogen) atoms. The van der Waals surface area contributed by atoms with Crippen LogP contribution in [-0.2, 0) is 9.47 Å². The van der Waals surface area contributed by atoms with Crippen LogP contribution in [0.15, 0.2) is 0 Å². The molecule has 0 spiro atoms. The SMILES string of the molecule is COCCC(C)C(NN)C1(OC)CCC(C)CC1. The number of nitrogens with two attached hydrogens (primary N) is 1. The summed E-state index contributed by atoms with van der Waals surface area (Å²) in [5.74, 6) is 7.05. The first-order valence-corrected chi connectivity index (χ1v) is 7.10. The molecule has 2 unspecified atom stereocenters. The Hall–Kier alpha value is -0.160. The molecule has 0 aromatic heterocycles. The highest BCUT2D eigenvalue weighted by atomic mass is 16.5. The van der Waals surface area contributed by atoms with Crippen LogP contribution in [-0.4, -0.2) is 32.5 Å². The van der Waals surface area contributed by atoms with Gasteiger partial charge in [0.1, 0.15) is 0 Å². The van der Waals surface area contributed by atoms with Gasteiger partial charge in [0.25, 0.3) is 0 Å². The molecule has 4 nitrogen and oxygen atoms in total. The minimum Gasteiger partial charge on any atom is -0.385 e. The molecule has 0 heterocycles. The smallest absolute Gasteiger partial charge is 0.0847 e. The van der Waals surface area contributed by atoms with Crippen LogP contribution < -0.4 is 11.3 Å². The molecular formula is C14H30N2O2. The molecule has 108 valence electrons. The Morgan fingerprint density at radius 2 is 1.94 bits per heavy atom. The molecule has 1 saturated carbocycles. The normalized spacial score (nSPS) is 32.2. The van der Waals surface area contributed by atoms with Gasteiger partial charge in [-0.3, -0.25) is 11.3 Å². The van der Waals surface area contributed by atoms with Crippen LogP contribution in [0.5, 0.6) is 0 Å². The Kier molecular flexibility index (Phi) is 6.57. The van der Waals surface area contributed by atoms with Crippen molar-refractivity contribution < 1.29 is 9.47 Å². The third-order valence-electron chi connectivity index (χ3n) is 4.62. The number of hydrazine groups is 1. The topological polar surface area (TPSA) is 56.5 Å². The van der Waals surface area contributed by atoms with Crippen molar-refractivity contribution in [3.8, 4) is 0 Å². The summed E-state index contributed by atoms with van der Waals surface area (Å²) in [5, 5.41) is 0. The van der Waals surface area contributed by atoms with E-state index in [4.69, 9.17) is 15.3 Å². The standard InChI is InChI=1S/C14H30N2O2/c1-11-5-8-14(18-4,9-6-11)13(16-15)12(2)7-10-17-3/h11-13,16H,5-10,15H2,1-4H3. The fraction of sp³-hybridized carbons (Fsp3) is 1.00. The molecule has 3 N–H and O–H groups in total. The summed E-state index contributed by atoms with van der Waals surface area (Å²) < 4.78 is 11.1. The van der Waals surface area contributed by atoms with Gasteiger partial charge < -0.3 is 9.47 Å². The molecule has 0 saturated heterocycles. The lowest BCUT2D eigenvalue weighted by molar-refractivity contribution is -0.0887. The second-order valence-corrected chi connectivity index (χ2v) is 5.85. The summed E-state index contributed by atoms with van der Waals surface area (Å²) in [6, 6.07) is 0.199. The summed E-state index contributed by atoms with van der Waals surface area (Å²) in [6.07, 6.45) is 5.64. The van der Waals surface area contributed by atoms with E-state index >= 15 is 0 Å². The number of hydrogen-bond acceptors (Lipinski definition) is 4. The predicted molar refractivity (Wildman–Crippen MR) is 74.1 cm³/mol. The van der Waals surface area contributed by atoms with Crippen molar-refractivity contribution >= 4 is 0 Å². The monoisotopic (exact) mass is 258 g/mol. The van der Waals surface area contributed by atoms with Crippen molar-refractivity contribution in [3.05, 3.63) is 0 Å². The van der Waals surface area contributed by atoms with Crippen molar-refractivity contribution in [2.45, 2.75) is 57.6 Å². The van der Waals surface area contributed by atoms with Crippen LogP contribution in [0.25, 0.3) is 0 Å². The highest BCUT2D eigenvalue weighted by Gasteiger charge is 2.43. The number of rotatable bonds is 7. The fourth-order valence-electron chi connectivity index (χ4n) is 3.20. The molecule has 4 heteroatoms. The molecule has 0 aromatic rings. The van der Waals surface area contributed by atoms with Gasteiger partial charge in [-0.05, 0) is 43.9 Å². The van der Waals surface area contributed by atoms with Gasteiger partial charge in [0.05, 0.1) is 11.6 Å². The van der Waals surface area contributed by atoms with Gasteiger partial charge in [-0.15, -0.1) is 0 Å². The van der Waals surface area contributed by atoms with Crippen LogP contribution in [0.4, 0.5) is 0 Å². The summed E-state index contributed by atoms with van der Waals surface area (Å²) in [5.41, 5.74) is 2.90. The van der Waals surface area contributed by atoms with Crippen molar-refractivity contribution in [3.63, 3.8) is 0 Å². The van der Waals surface area contributed by atoms with Gasteiger partial charge in [0.15, 0.2) is 0 Å². The fourth-order valence-corrected chi connectivity index (χ4v) is 3.20. The van der Waals surface area contributed by atoms with Gasteiger partial charge in [-0.25, -0.2) is 0 Å².